The van der Waals surface area contributed by atoms with Crippen LogP contribution in [0.25, 0.3) is 0 Å². The van der Waals surface area contributed by atoms with E-state index in [-0.39, 0.29) is 28.1 Å². The van der Waals surface area contributed by atoms with E-state index in [1.807, 2.05) is 0 Å². The van der Waals surface area contributed by atoms with Gasteiger partial charge in [-0.1, -0.05) is 13.8 Å². The van der Waals surface area contributed by atoms with Crippen molar-refractivity contribution in [3.8, 4) is 28.7 Å². The average molecular weight is 649 g/mol. The van der Waals surface area contributed by atoms with Crippen molar-refractivity contribution < 1.29 is 47.5 Å². The number of carbonyl (C=O) groups excluding carboxylic acids is 2. The highest BCUT2D eigenvalue weighted by Crippen LogP contribution is 2.34. The molecule has 0 atom stereocenters. The quantitative estimate of drug-likeness (QED) is 0.0857. The third kappa shape index (κ3) is 9.03. The molecular formula is C37H44O10. The van der Waals surface area contributed by atoms with Gasteiger partial charge < -0.3 is 37.9 Å². The molecule has 0 radical (unpaired) electrons. The molecule has 5 rings (SSSR count). The third-order valence-electron chi connectivity index (χ3n) is 8.77. The van der Waals surface area contributed by atoms with Gasteiger partial charge in [0, 0.05) is 18.1 Å². The summed E-state index contributed by atoms with van der Waals surface area (Å²) in [6, 6.07) is 18.1. The maximum absolute atomic E-state index is 12.8. The summed E-state index contributed by atoms with van der Waals surface area (Å²) in [6.07, 6.45) is 3.82. The zero-order valence-electron chi connectivity index (χ0n) is 27.4. The second-order valence-corrected chi connectivity index (χ2v) is 12.2. The van der Waals surface area contributed by atoms with Gasteiger partial charge in [-0.3, -0.25) is 0 Å². The van der Waals surface area contributed by atoms with Crippen molar-refractivity contribution in [2.24, 2.45) is 10.8 Å². The van der Waals surface area contributed by atoms with Gasteiger partial charge in [0.05, 0.1) is 69.9 Å². The van der Waals surface area contributed by atoms with Crippen LogP contribution in [0.2, 0.25) is 0 Å². The van der Waals surface area contributed by atoms with E-state index < -0.39 is 11.9 Å². The molecular weight excluding hydrogens is 604 g/mol. The highest BCUT2D eigenvalue weighted by atomic mass is 16.6. The molecule has 3 aromatic carbocycles. The summed E-state index contributed by atoms with van der Waals surface area (Å²) >= 11 is 0. The first kappa shape index (κ1) is 34.2. The number of hydrogen-bond donors (Lipinski definition) is 0. The van der Waals surface area contributed by atoms with Crippen LogP contribution < -0.4 is 23.7 Å². The molecule has 2 saturated heterocycles. The van der Waals surface area contributed by atoms with E-state index in [2.05, 4.69) is 13.8 Å². The topological polar surface area (TPSA) is 108 Å². The van der Waals surface area contributed by atoms with Crippen LogP contribution in [0.3, 0.4) is 0 Å². The Morgan fingerprint density at radius 1 is 0.638 bits per heavy atom. The second-order valence-electron chi connectivity index (χ2n) is 12.2. The van der Waals surface area contributed by atoms with Crippen molar-refractivity contribution in [3.63, 3.8) is 0 Å². The molecule has 47 heavy (non-hydrogen) atoms. The van der Waals surface area contributed by atoms with Gasteiger partial charge in [0.1, 0.15) is 17.2 Å². The van der Waals surface area contributed by atoms with Gasteiger partial charge in [0.15, 0.2) is 11.5 Å². The van der Waals surface area contributed by atoms with Gasteiger partial charge >= 0.3 is 11.9 Å². The molecule has 2 heterocycles. The molecule has 0 saturated carbocycles. The molecule has 0 bridgehead atoms. The Kier molecular flexibility index (Phi) is 11.7. The largest absolute Gasteiger partial charge is 0.494 e. The van der Waals surface area contributed by atoms with E-state index in [1.54, 1.807) is 48.5 Å². The van der Waals surface area contributed by atoms with Gasteiger partial charge in [0.25, 0.3) is 0 Å². The fraction of sp³-hybridized carbons (Fsp3) is 0.459. The van der Waals surface area contributed by atoms with Crippen molar-refractivity contribution in [2.45, 2.75) is 39.5 Å². The summed E-state index contributed by atoms with van der Waals surface area (Å²) in [5.74, 6) is 0.917. The monoisotopic (exact) mass is 648 g/mol. The van der Waals surface area contributed by atoms with Crippen LogP contribution >= 0.6 is 0 Å². The number of rotatable bonds is 18. The van der Waals surface area contributed by atoms with Crippen LogP contribution in [-0.2, 0) is 14.2 Å². The Labute approximate surface area is 276 Å². The number of carbonyl (C=O) groups is 2. The van der Waals surface area contributed by atoms with Gasteiger partial charge in [-0.2, -0.15) is 0 Å². The van der Waals surface area contributed by atoms with Gasteiger partial charge in [-0.05, 0) is 86.3 Å². The molecule has 0 amide bonds. The zero-order chi connectivity index (χ0) is 33.1. The van der Waals surface area contributed by atoms with Crippen molar-refractivity contribution >= 4 is 11.9 Å². The van der Waals surface area contributed by atoms with Crippen LogP contribution in [0, 0.1) is 10.8 Å². The molecule has 0 unspecified atom stereocenters. The fourth-order valence-electron chi connectivity index (χ4n) is 5.08. The summed E-state index contributed by atoms with van der Waals surface area (Å²) in [7, 11) is 1.44. The van der Waals surface area contributed by atoms with E-state index in [4.69, 9.17) is 37.9 Å². The lowest BCUT2D eigenvalue weighted by Gasteiger charge is -2.40. The minimum atomic E-state index is -0.560. The van der Waals surface area contributed by atoms with Gasteiger partial charge in [-0.25, -0.2) is 9.59 Å². The highest BCUT2D eigenvalue weighted by molar-refractivity contribution is 5.92. The Morgan fingerprint density at radius 2 is 1.17 bits per heavy atom. The van der Waals surface area contributed by atoms with Crippen LogP contribution in [0.5, 0.6) is 28.7 Å². The summed E-state index contributed by atoms with van der Waals surface area (Å²) in [6.45, 7) is 9.84. The molecule has 2 aliphatic rings. The first-order valence-electron chi connectivity index (χ1n) is 16.2. The minimum Gasteiger partial charge on any atom is -0.494 e. The molecule has 0 aromatic heterocycles. The molecule has 2 fully saturated rings. The van der Waals surface area contributed by atoms with E-state index in [0.717, 1.165) is 45.5 Å². The number of ether oxygens (including phenoxy) is 8. The van der Waals surface area contributed by atoms with Crippen LogP contribution in [0.1, 0.15) is 60.2 Å². The lowest BCUT2D eigenvalue weighted by atomic mass is 9.84. The lowest BCUT2D eigenvalue weighted by molar-refractivity contribution is -0.150. The molecule has 0 N–H and O–H groups in total. The SMILES string of the molecule is CCC1(COCCCCOc2ccc(C(=O)Oc3ccc(OC(=O)c4ccc(OCC5(CC)COC5)cc4)cc3OC)cc2)COC1. The molecule has 2 aliphatic heterocycles. The summed E-state index contributed by atoms with van der Waals surface area (Å²) in [5.41, 5.74) is 0.991. The first-order chi connectivity index (χ1) is 22.9. The van der Waals surface area contributed by atoms with Crippen molar-refractivity contribution in [3.05, 3.63) is 77.9 Å². The van der Waals surface area contributed by atoms with Crippen LogP contribution in [0.15, 0.2) is 66.7 Å². The summed E-state index contributed by atoms with van der Waals surface area (Å²) in [5, 5.41) is 0. The predicted octanol–water partition coefficient (Wildman–Crippen LogP) is 6.54. The van der Waals surface area contributed by atoms with E-state index in [0.29, 0.717) is 55.7 Å². The fourth-order valence-corrected chi connectivity index (χ4v) is 5.08. The summed E-state index contributed by atoms with van der Waals surface area (Å²) < 4.78 is 44.8. The number of hydrogen-bond acceptors (Lipinski definition) is 10. The van der Waals surface area contributed by atoms with E-state index in [9.17, 15) is 9.59 Å². The molecule has 0 spiro atoms. The van der Waals surface area contributed by atoms with E-state index in [1.165, 1.54) is 25.3 Å². The Bertz CT molecular complexity index is 1450. The molecule has 3 aromatic rings. The van der Waals surface area contributed by atoms with Crippen LogP contribution in [0.4, 0.5) is 0 Å². The second kappa shape index (κ2) is 16.1. The first-order valence-corrected chi connectivity index (χ1v) is 16.2. The predicted molar refractivity (Wildman–Crippen MR) is 174 cm³/mol. The smallest absolute Gasteiger partial charge is 0.343 e. The Balaban J connectivity index is 1.05. The zero-order valence-corrected chi connectivity index (χ0v) is 27.4. The van der Waals surface area contributed by atoms with Gasteiger partial charge in [0.2, 0.25) is 0 Å². The van der Waals surface area contributed by atoms with Gasteiger partial charge in [-0.15, -0.1) is 0 Å². The number of esters is 2. The average Bonchev–Trinajstić information content (AvgIpc) is 3.06. The normalized spacial score (nSPS) is 15.9. The molecule has 252 valence electrons. The van der Waals surface area contributed by atoms with Crippen molar-refractivity contribution in [2.75, 3.05) is 60.0 Å². The van der Waals surface area contributed by atoms with Crippen molar-refractivity contribution in [1.29, 1.82) is 0 Å². The summed E-state index contributed by atoms with van der Waals surface area (Å²) in [4.78, 5) is 25.6. The standard InChI is InChI=1S/C37H44O10/c1-4-36(22-42-23-36)21-41-18-6-7-19-44-29-12-8-28(9-13-29)35(39)47-32-17-16-31(20-33(32)40-3)46-34(38)27-10-14-30(15-11-27)45-26-37(5-2)24-43-25-37/h8-17,20H,4-7,18-19,21-26H2,1-3H3. The van der Waals surface area contributed by atoms with E-state index >= 15 is 0 Å². The molecule has 10 heteroatoms. The third-order valence-corrected chi connectivity index (χ3v) is 8.77. The van der Waals surface area contributed by atoms with Crippen molar-refractivity contribution in [1.82, 2.24) is 0 Å². The maximum atomic E-state index is 12.8. The number of benzene rings is 3. The van der Waals surface area contributed by atoms with Crippen LogP contribution in [-0.4, -0.2) is 71.9 Å². The number of methoxy groups -OCH3 is 1. The highest BCUT2D eigenvalue weighted by Gasteiger charge is 2.38. The number of unbranched alkanes of at least 4 members (excludes halogenated alkanes) is 1. The molecule has 10 nitrogen and oxygen atoms in total. The maximum Gasteiger partial charge on any atom is 0.343 e. The Morgan fingerprint density at radius 3 is 1.72 bits per heavy atom. The minimum absolute atomic E-state index is 0.0664. The Hall–Kier alpha value is -4.12. The molecule has 0 aliphatic carbocycles. The lowest BCUT2D eigenvalue weighted by Crippen LogP contribution is -2.46.